The van der Waals surface area contributed by atoms with E-state index in [1.807, 2.05) is 0 Å². The normalized spacial score (nSPS) is 14.5. The van der Waals surface area contributed by atoms with Crippen molar-refractivity contribution in [2.45, 2.75) is 52.8 Å². The Labute approximate surface area is 232 Å². The lowest BCUT2D eigenvalue weighted by atomic mass is 10.1. The van der Waals surface area contributed by atoms with E-state index < -0.39 is 71.5 Å². The van der Waals surface area contributed by atoms with Crippen LogP contribution in [0.2, 0.25) is 0 Å². The number of rotatable bonds is 8. The minimum atomic E-state index is -5.16. The van der Waals surface area contributed by atoms with Gasteiger partial charge in [0, 0.05) is 21.8 Å². The number of alkyl halides is 5. The Bertz CT molecular complexity index is 1470. The summed E-state index contributed by atoms with van der Waals surface area (Å²) in [6.45, 7) is 8.10. The molecule has 15 heteroatoms. The Morgan fingerprint density at radius 3 is 2.36 bits per heavy atom. The molecule has 0 aromatic carbocycles. The highest BCUT2D eigenvalue weighted by Crippen LogP contribution is 2.44. The quantitative estimate of drug-likeness (QED) is 0.278. The van der Waals surface area contributed by atoms with Crippen LogP contribution in [0, 0.1) is 6.92 Å². The summed E-state index contributed by atoms with van der Waals surface area (Å²) in [6.07, 6.45) is -4.37. The summed E-state index contributed by atoms with van der Waals surface area (Å²) in [7, 11) is -3.33. The highest BCUT2D eigenvalue weighted by atomic mass is 127. The number of carbonyl (C=O) groups is 1. The van der Waals surface area contributed by atoms with Gasteiger partial charge in [-0.15, -0.1) is 0 Å². The van der Waals surface area contributed by atoms with E-state index in [4.69, 9.17) is 4.74 Å². The lowest BCUT2D eigenvalue weighted by molar-refractivity contribution is -0.140. The SMILES string of the molecule is CCS(=O)(=O)C1=CI=C(CNC(=O)c2nn(C(C)(C)C)c(Oc3cncc(C(F)F)c3C(F)(F)F)c2C)C=C1. The Morgan fingerprint density at radius 2 is 1.85 bits per heavy atom. The van der Waals surface area contributed by atoms with Crippen molar-refractivity contribution < 1.29 is 39.9 Å². The number of amides is 1. The Hall–Kier alpha value is -2.69. The number of ether oxygens (including phenoxy) is 1. The Kier molecular flexibility index (Phi) is 9.04. The first-order chi connectivity index (χ1) is 18.0. The first-order valence-corrected chi connectivity index (χ1v) is 15.4. The molecule has 39 heavy (non-hydrogen) atoms. The minimum Gasteiger partial charge on any atom is -0.437 e. The molecule has 2 aromatic rings. The van der Waals surface area contributed by atoms with Gasteiger partial charge in [0.15, 0.2) is 21.3 Å². The van der Waals surface area contributed by atoms with Crippen LogP contribution >= 0.6 is 20.7 Å². The molecule has 1 amide bonds. The van der Waals surface area contributed by atoms with Gasteiger partial charge < -0.3 is 10.1 Å². The van der Waals surface area contributed by atoms with Gasteiger partial charge in [-0.1, -0.05) is 33.7 Å². The molecule has 1 N–H and O–H groups in total. The molecule has 3 rings (SSSR count). The molecular formula is C24H26F5IN4O4S. The highest BCUT2D eigenvalue weighted by Gasteiger charge is 2.41. The van der Waals surface area contributed by atoms with E-state index in [0.29, 0.717) is 12.4 Å². The third kappa shape index (κ3) is 6.91. The first kappa shape index (κ1) is 30.8. The summed E-state index contributed by atoms with van der Waals surface area (Å²) >= 11 is -0.803. The van der Waals surface area contributed by atoms with E-state index in [2.05, 4.69) is 15.4 Å². The van der Waals surface area contributed by atoms with Crippen LogP contribution < -0.4 is 10.1 Å². The van der Waals surface area contributed by atoms with Crippen LogP contribution in [0.15, 0.2) is 33.5 Å². The number of carbonyl (C=O) groups excluding carboxylic acids is 1. The largest absolute Gasteiger partial charge is 0.437 e. The van der Waals surface area contributed by atoms with Crippen LogP contribution in [0.5, 0.6) is 11.6 Å². The van der Waals surface area contributed by atoms with Crippen molar-refractivity contribution in [3.8, 4) is 11.6 Å². The molecule has 214 valence electrons. The molecule has 0 saturated carbocycles. The summed E-state index contributed by atoms with van der Waals surface area (Å²) in [6, 6.07) is 0. The maximum Gasteiger partial charge on any atom is 0.420 e. The molecule has 3 heterocycles. The van der Waals surface area contributed by atoms with Crippen molar-refractivity contribution in [3.63, 3.8) is 0 Å². The number of hydrogen-bond donors (Lipinski definition) is 1. The molecule has 0 spiro atoms. The van der Waals surface area contributed by atoms with E-state index >= 15 is 0 Å². The van der Waals surface area contributed by atoms with Crippen LogP contribution in [0.25, 0.3) is 0 Å². The van der Waals surface area contributed by atoms with Crippen LogP contribution in [0.3, 0.4) is 0 Å². The van der Waals surface area contributed by atoms with Gasteiger partial charge in [-0.05, 0) is 37.9 Å². The number of sulfone groups is 1. The maximum absolute atomic E-state index is 13.8. The number of halogens is 6. The fourth-order valence-electron chi connectivity index (χ4n) is 3.43. The number of hydrogen-bond acceptors (Lipinski definition) is 6. The zero-order chi connectivity index (χ0) is 29.3. The third-order valence-electron chi connectivity index (χ3n) is 5.47. The van der Waals surface area contributed by atoms with Gasteiger partial charge in [0.2, 0.25) is 5.88 Å². The molecule has 0 unspecified atom stereocenters. The molecule has 0 radical (unpaired) electrons. The van der Waals surface area contributed by atoms with Crippen molar-refractivity contribution >= 4 is 40.0 Å². The summed E-state index contributed by atoms with van der Waals surface area (Å²) in [5, 5.41) is 6.96. The predicted octanol–water partition coefficient (Wildman–Crippen LogP) is 5.81. The smallest absolute Gasteiger partial charge is 0.420 e. The third-order valence-corrected chi connectivity index (χ3v) is 10.2. The number of allylic oxidation sites excluding steroid dienone is 1. The van der Waals surface area contributed by atoms with Crippen molar-refractivity contribution in [2.75, 3.05) is 12.3 Å². The van der Waals surface area contributed by atoms with E-state index in [1.165, 1.54) is 17.7 Å². The van der Waals surface area contributed by atoms with Gasteiger partial charge in [-0.3, -0.25) is 9.78 Å². The molecule has 2 aromatic heterocycles. The standard InChI is InChI=1S/C24H26F5IN4O4S/c1-6-39(36,37)15-8-7-14(30-9-15)10-32-21(35)19-13(2)22(34(33-19)23(3,4)5)38-17-12-31-11-16(20(25)26)18(17)24(27,28)29/h7-9,11-12,20H,6,10H2,1-5H3,(H,32,35). The van der Waals surface area contributed by atoms with Gasteiger partial charge in [-0.25, -0.2) is 21.9 Å². The molecule has 1 aliphatic heterocycles. The Morgan fingerprint density at radius 1 is 1.18 bits per heavy atom. The lowest BCUT2D eigenvalue weighted by Gasteiger charge is -2.23. The molecular weight excluding hydrogens is 662 g/mol. The van der Waals surface area contributed by atoms with Gasteiger partial charge in [0.25, 0.3) is 12.3 Å². The average molecular weight is 688 g/mol. The second kappa shape index (κ2) is 11.4. The second-order valence-corrected chi connectivity index (χ2v) is 14.3. The zero-order valence-corrected chi connectivity index (χ0v) is 24.5. The number of aromatic nitrogens is 3. The average Bonchev–Trinajstić information content (AvgIpc) is 3.18. The van der Waals surface area contributed by atoms with E-state index in [1.54, 1.807) is 37.9 Å². The monoisotopic (exact) mass is 688 g/mol. The molecule has 1 aliphatic rings. The van der Waals surface area contributed by atoms with Crippen LogP contribution in [-0.4, -0.2) is 44.9 Å². The topological polar surface area (TPSA) is 103 Å². The summed E-state index contributed by atoms with van der Waals surface area (Å²) < 4.78 is 101. The van der Waals surface area contributed by atoms with Crippen molar-refractivity contribution in [1.29, 1.82) is 0 Å². The van der Waals surface area contributed by atoms with Gasteiger partial charge in [-0.2, -0.15) is 18.3 Å². The molecule has 8 nitrogen and oxygen atoms in total. The Balaban J connectivity index is 1.95. The minimum absolute atomic E-state index is 0.0218. The van der Waals surface area contributed by atoms with Crippen LogP contribution in [0.4, 0.5) is 22.0 Å². The fraction of sp³-hybridized carbons (Fsp3) is 0.417. The first-order valence-electron chi connectivity index (χ1n) is 11.5. The fourth-order valence-corrected chi connectivity index (χ4v) is 7.35. The molecule has 0 bridgehead atoms. The second-order valence-electron chi connectivity index (χ2n) is 9.35. The van der Waals surface area contributed by atoms with Gasteiger partial charge in [0.05, 0.1) is 28.0 Å². The predicted molar refractivity (Wildman–Crippen MR) is 144 cm³/mol. The zero-order valence-electron chi connectivity index (χ0n) is 21.5. The van der Waals surface area contributed by atoms with Crippen molar-refractivity contribution in [1.82, 2.24) is 20.1 Å². The number of pyridine rings is 1. The van der Waals surface area contributed by atoms with Crippen molar-refractivity contribution in [3.05, 3.63) is 55.9 Å². The van der Waals surface area contributed by atoms with Gasteiger partial charge >= 0.3 is 6.18 Å². The lowest BCUT2D eigenvalue weighted by Crippen LogP contribution is -2.30. The number of nitrogens with one attached hydrogen (secondary N) is 1. The van der Waals surface area contributed by atoms with E-state index in [-0.39, 0.29) is 34.3 Å². The van der Waals surface area contributed by atoms with Gasteiger partial charge in [0.1, 0.15) is 5.56 Å². The van der Waals surface area contributed by atoms with Crippen molar-refractivity contribution in [2.24, 2.45) is 0 Å². The van der Waals surface area contributed by atoms with E-state index in [0.717, 1.165) is 3.51 Å². The molecule has 0 atom stereocenters. The molecule has 0 aliphatic carbocycles. The molecule has 0 fully saturated rings. The molecule has 0 saturated heterocycles. The summed E-state index contributed by atoms with van der Waals surface area (Å²) in [5.41, 5.74) is -3.91. The maximum atomic E-state index is 13.8. The highest BCUT2D eigenvalue weighted by molar-refractivity contribution is 14.2. The summed E-state index contributed by atoms with van der Waals surface area (Å²) in [5.74, 6) is -1.84. The number of nitrogens with zero attached hydrogens (tertiary/aromatic N) is 3. The van der Waals surface area contributed by atoms with Crippen LogP contribution in [0.1, 0.15) is 61.3 Å². The van der Waals surface area contributed by atoms with E-state index in [9.17, 15) is 35.2 Å². The summed E-state index contributed by atoms with van der Waals surface area (Å²) in [4.78, 5) is 16.8. The van der Waals surface area contributed by atoms with Crippen LogP contribution in [-0.2, 0) is 21.6 Å².